The van der Waals surface area contributed by atoms with E-state index in [9.17, 15) is 14.7 Å². The molecule has 1 aliphatic rings. The second kappa shape index (κ2) is 6.11. The molecule has 0 amide bonds. The molecule has 1 aliphatic carbocycles. The maximum absolute atomic E-state index is 11.7. The molecule has 0 spiro atoms. The fraction of sp³-hybridized carbons (Fsp3) is 0.412. The van der Waals surface area contributed by atoms with E-state index in [0.29, 0.717) is 11.1 Å². The molecule has 0 aliphatic heterocycles. The van der Waals surface area contributed by atoms with Crippen molar-refractivity contribution in [1.29, 1.82) is 0 Å². The lowest BCUT2D eigenvalue weighted by molar-refractivity contribution is -0.134. The standard InChI is InChI=1S/C17H20O4/c1-6-16(4)11-14(18)10-13(3)17(16,20)8-7-12(2)9-15(19)21-5/h1,7-10,20H,11H2,2-5H3/b8-7+,12-9-/t16-,17+/m0/s1. The summed E-state index contributed by atoms with van der Waals surface area (Å²) in [4.78, 5) is 22.8. The van der Waals surface area contributed by atoms with E-state index in [4.69, 9.17) is 6.42 Å². The second-order valence-corrected chi connectivity index (χ2v) is 5.46. The minimum Gasteiger partial charge on any atom is -0.466 e. The Labute approximate surface area is 125 Å². The Morgan fingerprint density at radius 1 is 1.57 bits per heavy atom. The topological polar surface area (TPSA) is 63.6 Å². The largest absolute Gasteiger partial charge is 0.466 e. The van der Waals surface area contributed by atoms with Gasteiger partial charge in [-0.1, -0.05) is 12.0 Å². The minimum atomic E-state index is -1.43. The molecular formula is C17H20O4. The van der Waals surface area contributed by atoms with Crippen LogP contribution in [0.15, 0.2) is 35.5 Å². The van der Waals surface area contributed by atoms with Crippen molar-refractivity contribution in [2.24, 2.45) is 5.41 Å². The van der Waals surface area contributed by atoms with E-state index in [1.807, 2.05) is 0 Å². The molecule has 4 heteroatoms. The fourth-order valence-corrected chi connectivity index (χ4v) is 2.34. The van der Waals surface area contributed by atoms with Gasteiger partial charge in [0.1, 0.15) is 5.60 Å². The van der Waals surface area contributed by atoms with Crippen LogP contribution in [-0.4, -0.2) is 29.6 Å². The minimum absolute atomic E-state index is 0.0709. The number of hydrogen-bond acceptors (Lipinski definition) is 4. The molecular weight excluding hydrogens is 268 g/mol. The smallest absolute Gasteiger partial charge is 0.330 e. The molecule has 4 nitrogen and oxygen atoms in total. The molecule has 21 heavy (non-hydrogen) atoms. The number of rotatable bonds is 3. The van der Waals surface area contributed by atoms with Crippen molar-refractivity contribution in [1.82, 2.24) is 0 Å². The van der Waals surface area contributed by atoms with Crippen LogP contribution in [0.3, 0.4) is 0 Å². The third-order valence-electron chi connectivity index (χ3n) is 3.80. The molecule has 2 atom stereocenters. The zero-order chi connectivity index (χ0) is 16.3. The number of allylic oxidation sites excluding steroid dienone is 3. The van der Waals surface area contributed by atoms with Gasteiger partial charge in [-0.05, 0) is 44.1 Å². The highest BCUT2D eigenvalue weighted by Gasteiger charge is 2.49. The van der Waals surface area contributed by atoms with E-state index in [1.165, 1.54) is 25.3 Å². The molecule has 0 aromatic carbocycles. The molecule has 112 valence electrons. The summed E-state index contributed by atoms with van der Waals surface area (Å²) in [6.45, 7) is 5.04. The molecule has 0 heterocycles. The Kier molecular flexibility index (Phi) is 4.93. The van der Waals surface area contributed by atoms with Gasteiger partial charge < -0.3 is 9.84 Å². The van der Waals surface area contributed by atoms with Gasteiger partial charge in [0, 0.05) is 12.5 Å². The third-order valence-corrected chi connectivity index (χ3v) is 3.80. The maximum atomic E-state index is 11.7. The summed E-state index contributed by atoms with van der Waals surface area (Å²) in [6.07, 6.45) is 11.4. The van der Waals surface area contributed by atoms with Crippen molar-refractivity contribution in [2.75, 3.05) is 7.11 Å². The first-order valence-corrected chi connectivity index (χ1v) is 6.56. The zero-order valence-electron chi connectivity index (χ0n) is 12.8. The van der Waals surface area contributed by atoms with Gasteiger partial charge in [-0.3, -0.25) is 4.79 Å². The monoisotopic (exact) mass is 288 g/mol. The summed E-state index contributed by atoms with van der Waals surface area (Å²) in [5, 5.41) is 10.9. The van der Waals surface area contributed by atoms with Crippen molar-refractivity contribution in [3.8, 4) is 12.3 Å². The Morgan fingerprint density at radius 3 is 2.71 bits per heavy atom. The highest BCUT2D eigenvalue weighted by molar-refractivity contribution is 5.93. The number of terminal acetylenes is 1. The average Bonchev–Trinajstić information content (AvgIpc) is 2.42. The molecule has 0 aromatic heterocycles. The average molecular weight is 288 g/mol. The van der Waals surface area contributed by atoms with Crippen molar-refractivity contribution >= 4 is 11.8 Å². The Bertz CT molecular complexity index is 588. The van der Waals surface area contributed by atoms with Crippen LogP contribution < -0.4 is 0 Å². The number of aliphatic hydroxyl groups is 1. The maximum Gasteiger partial charge on any atom is 0.330 e. The molecule has 1 rings (SSSR count). The predicted octanol–water partition coefficient (Wildman–Crippen LogP) is 1.95. The van der Waals surface area contributed by atoms with Gasteiger partial charge in [0.05, 0.1) is 12.5 Å². The third kappa shape index (κ3) is 3.32. The summed E-state index contributed by atoms with van der Waals surface area (Å²) < 4.78 is 4.54. The van der Waals surface area contributed by atoms with Crippen LogP contribution in [0.25, 0.3) is 0 Å². The Hall–Kier alpha value is -2.12. The van der Waals surface area contributed by atoms with Crippen molar-refractivity contribution in [3.63, 3.8) is 0 Å². The van der Waals surface area contributed by atoms with Gasteiger partial charge in [-0.15, -0.1) is 6.42 Å². The number of carbonyl (C=O) groups is 2. The van der Waals surface area contributed by atoms with Gasteiger partial charge in [0.25, 0.3) is 0 Å². The fourth-order valence-electron chi connectivity index (χ4n) is 2.34. The zero-order valence-corrected chi connectivity index (χ0v) is 12.8. The van der Waals surface area contributed by atoms with Crippen molar-refractivity contribution in [3.05, 3.63) is 35.5 Å². The van der Waals surface area contributed by atoms with Gasteiger partial charge in [-0.2, -0.15) is 0 Å². The van der Waals surface area contributed by atoms with Crippen molar-refractivity contribution < 1.29 is 19.4 Å². The van der Waals surface area contributed by atoms with Crippen LogP contribution in [0.5, 0.6) is 0 Å². The molecule has 0 unspecified atom stereocenters. The highest BCUT2D eigenvalue weighted by Crippen LogP contribution is 2.44. The lowest BCUT2D eigenvalue weighted by Gasteiger charge is -2.42. The van der Waals surface area contributed by atoms with Gasteiger partial charge >= 0.3 is 5.97 Å². The first kappa shape index (κ1) is 16.9. The number of methoxy groups -OCH3 is 1. The normalized spacial score (nSPS) is 30.0. The number of esters is 1. The molecule has 0 saturated heterocycles. The molecule has 0 bridgehead atoms. The summed E-state index contributed by atoms with van der Waals surface area (Å²) in [7, 11) is 1.29. The van der Waals surface area contributed by atoms with Crippen LogP contribution in [0.1, 0.15) is 27.2 Å². The van der Waals surface area contributed by atoms with Crippen LogP contribution in [0.2, 0.25) is 0 Å². The van der Waals surface area contributed by atoms with Crippen LogP contribution in [-0.2, 0) is 14.3 Å². The van der Waals surface area contributed by atoms with Crippen molar-refractivity contribution in [2.45, 2.75) is 32.8 Å². The second-order valence-electron chi connectivity index (χ2n) is 5.46. The lowest BCUT2D eigenvalue weighted by atomic mass is 9.64. The molecule has 0 aromatic rings. The first-order valence-electron chi connectivity index (χ1n) is 6.56. The Morgan fingerprint density at radius 2 is 2.19 bits per heavy atom. The van der Waals surface area contributed by atoms with Crippen LogP contribution in [0, 0.1) is 17.8 Å². The molecule has 0 saturated carbocycles. The van der Waals surface area contributed by atoms with E-state index in [0.717, 1.165) is 0 Å². The van der Waals surface area contributed by atoms with Crippen LogP contribution >= 0.6 is 0 Å². The summed E-state index contributed by atoms with van der Waals surface area (Å²) in [5.74, 6) is 1.95. The van der Waals surface area contributed by atoms with E-state index in [2.05, 4.69) is 10.7 Å². The first-order chi connectivity index (χ1) is 9.68. The summed E-state index contributed by atoms with van der Waals surface area (Å²) in [5.41, 5.74) is -1.35. The number of ketones is 1. The van der Waals surface area contributed by atoms with Gasteiger partial charge in [-0.25, -0.2) is 4.79 Å². The molecule has 1 N–H and O–H groups in total. The number of carbonyl (C=O) groups excluding carboxylic acids is 2. The van der Waals surface area contributed by atoms with E-state index in [1.54, 1.807) is 26.8 Å². The van der Waals surface area contributed by atoms with Gasteiger partial charge in [0.15, 0.2) is 5.78 Å². The summed E-state index contributed by atoms with van der Waals surface area (Å²) in [6, 6.07) is 0. The van der Waals surface area contributed by atoms with E-state index in [-0.39, 0.29) is 12.2 Å². The quantitative estimate of drug-likeness (QED) is 0.373. The highest BCUT2D eigenvalue weighted by atomic mass is 16.5. The summed E-state index contributed by atoms with van der Waals surface area (Å²) >= 11 is 0. The SMILES string of the molecule is C#C[C@@]1(C)CC(=O)C=C(C)[C@]1(O)/C=C/C(C)=C\C(=O)OC. The molecule has 0 radical (unpaired) electrons. The van der Waals surface area contributed by atoms with E-state index >= 15 is 0 Å². The number of ether oxygens (including phenoxy) is 1. The number of hydrogen-bond donors (Lipinski definition) is 1. The molecule has 0 fully saturated rings. The Balaban J connectivity index is 3.21. The predicted molar refractivity (Wildman–Crippen MR) is 80.2 cm³/mol. The lowest BCUT2D eigenvalue weighted by Crippen LogP contribution is -2.49. The van der Waals surface area contributed by atoms with E-state index < -0.39 is 17.0 Å². The van der Waals surface area contributed by atoms with Gasteiger partial charge in [0.2, 0.25) is 0 Å². The van der Waals surface area contributed by atoms with Crippen LogP contribution in [0.4, 0.5) is 0 Å².